The molecule has 1 aliphatic rings. The van der Waals surface area contributed by atoms with Crippen molar-refractivity contribution in [3.8, 4) is 17.3 Å². The molecular formula is C27H22BrN3OS. The quantitative estimate of drug-likeness (QED) is 0.308. The number of carbonyl (C=O) groups excluding carboxylic acids is 1. The Balaban J connectivity index is 1.56. The normalized spacial score (nSPS) is 15.1. The molecule has 4 nitrogen and oxygen atoms in total. The van der Waals surface area contributed by atoms with Crippen LogP contribution in [0.15, 0.2) is 59.1 Å². The Kier molecular flexibility index (Phi) is 6.01. The molecule has 6 heteroatoms. The van der Waals surface area contributed by atoms with Gasteiger partial charge in [-0.3, -0.25) is 4.79 Å². The Bertz CT molecular complexity index is 1420. The second-order valence-electron chi connectivity index (χ2n) is 8.37. The van der Waals surface area contributed by atoms with Gasteiger partial charge in [-0.15, -0.1) is 11.3 Å². The van der Waals surface area contributed by atoms with E-state index in [9.17, 15) is 10.1 Å². The van der Waals surface area contributed by atoms with Gasteiger partial charge in [0.25, 0.3) is 5.91 Å². The van der Waals surface area contributed by atoms with E-state index in [2.05, 4.69) is 34.2 Å². The second kappa shape index (κ2) is 9.09. The zero-order valence-corrected chi connectivity index (χ0v) is 20.6. The lowest BCUT2D eigenvalue weighted by molar-refractivity contribution is 0.102. The van der Waals surface area contributed by atoms with Crippen molar-refractivity contribution in [2.24, 2.45) is 5.92 Å². The number of nitriles is 1. The highest BCUT2D eigenvalue weighted by molar-refractivity contribution is 9.10. The lowest BCUT2D eigenvalue weighted by Gasteiger charge is -2.20. The summed E-state index contributed by atoms with van der Waals surface area (Å²) in [6.45, 7) is 2.22. The molecule has 2 heterocycles. The average Bonchev–Trinajstić information content (AvgIpc) is 3.19. The predicted octanol–water partition coefficient (Wildman–Crippen LogP) is 7.36. The minimum atomic E-state index is -0.216. The fourth-order valence-corrected chi connectivity index (χ4v) is 6.25. The Morgan fingerprint density at radius 1 is 1.24 bits per heavy atom. The highest BCUT2D eigenvalue weighted by Crippen LogP contribution is 2.40. The number of carbonyl (C=O) groups is 1. The maximum Gasteiger partial charge on any atom is 0.257 e. The first-order valence-electron chi connectivity index (χ1n) is 11.1. The summed E-state index contributed by atoms with van der Waals surface area (Å²) in [6, 6.07) is 19.7. The van der Waals surface area contributed by atoms with Crippen molar-refractivity contribution < 1.29 is 4.79 Å². The van der Waals surface area contributed by atoms with E-state index in [1.807, 2.05) is 54.6 Å². The van der Waals surface area contributed by atoms with Crippen LogP contribution in [-0.4, -0.2) is 10.9 Å². The van der Waals surface area contributed by atoms with Crippen LogP contribution >= 0.6 is 27.3 Å². The van der Waals surface area contributed by atoms with Crippen LogP contribution in [0.2, 0.25) is 0 Å². The highest BCUT2D eigenvalue weighted by atomic mass is 79.9. The van der Waals surface area contributed by atoms with E-state index in [0.717, 1.165) is 57.9 Å². The summed E-state index contributed by atoms with van der Waals surface area (Å²) in [6.07, 6.45) is 4.15. The van der Waals surface area contributed by atoms with Gasteiger partial charge in [-0.2, -0.15) is 5.26 Å². The molecule has 0 fully saturated rings. The summed E-state index contributed by atoms with van der Waals surface area (Å²) in [7, 11) is 0. The number of fused-ring (bicyclic) bond motifs is 2. The van der Waals surface area contributed by atoms with E-state index in [1.165, 1.54) is 4.88 Å². The Labute approximate surface area is 205 Å². The third-order valence-corrected chi connectivity index (χ3v) is 8.03. The minimum absolute atomic E-state index is 0.216. The zero-order chi connectivity index (χ0) is 22.9. The van der Waals surface area contributed by atoms with Crippen LogP contribution in [0.4, 0.5) is 5.00 Å². The van der Waals surface area contributed by atoms with E-state index in [-0.39, 0.29) is 5.91 Å². The Morgan fingerprint density at radius 2 is 2.09 bits per heavy atom. The van der Waals surface area contributed by atoms with Crippen LogP contribution in [-0.2, 0) is 12.8 Å². The number of pyridine rings is 1. The van der Waals surface area contributed by atoms with Crippen LogP contribution in [0.5, 0.6) is 0 Å². The number of thiophene rings is 1. The molecule has 2 aromatic heterocycles. The lowest BCUT2D eigenvalue weighted by Crippen LogP contribution is -2.13. The molecule has 0 aliphatic heterocycles. The summed E-state index contributed by atoms with van der Waals surface area (Å²) in [5, 5.41) is 14.4. The monoisotopic (exact) mass is 515 g/mol. The molecule has 5 rings (SSSR count). The van der Waals surface area contributed by atoms with E-state index in [1.54, 1.807) is 11.3 Å². The van der Waals surface area contributed by atoms with Crippen molar-refractivity contribution in [1.29, 1.82) is 5.26 Å². The summed E-state index contributed by atoms with van der Waals surface area (Å²) < 4.78 is 0.953. The molecule has 0 radical (unpaired) electrons. The number of nitrogens with one attached hydrogen (secondary N) is 1. The Morgan fingerprint density at radius 3 is 2.88 bits per heavy atom. The number of rotatable bonds is 4. The van der Waals surface area contributed by atoms with E-state index in [4.69, 9.17) is 4.98 Å². The third-order valence-electron chi connectivity index (χ3n) is 6.36. The highest BCUT2D eigenvalue weighted by Gasteiger charge is 2.26. The molecule has 0 saturated heterocycles. The summed E-state index contributed by atoms with van der Waals surface area (Å²) in [5.74, 6) is 0.440. The first kappa shape index (κ1) is 21.8. The van der Waals surface area contributed by atoms with E-state index in [0.29, 0.717) is 22.0 Å². The van der Waals surface area contributed by atoms with Crippen molar-refractivity contribution in [2.75, 3.05) is 5.32 Å². The number of hydrogen-bond donors (Lipinski definition) is 1. The fraction of sp³-hybridized carbons (Fsp3) is 0.222. The molecule has 33 heavy (non-hydrogen) atoms. The van der Waals surface area contributed by atoms with Gasteiger partial charge in [0.15, 0.2) is 0 Å². The van der Waals surface area contributed by atoms with Gasteiger partial charge in [0.2, 0.25) is 0 Å². The summed E-state index contributed by atoms with van der Waals surface area (Å²) in [4.78, 5) is 19.6. The summed E-state index contributed by atoms with van der Waals surface area (Å²) >= 11 is 5.08. The van der Waals surface area contributed by atoms with Crippen LogP contribution < -0.4 is 5.32 Å². The van der Waals surface area contributed by atoms with Gasteiger partial charge >= 0.3 is 0 Å². The fourth-order valence-electron chi connectivity index (χ4n) is 4.54. The van der Waals surface area contributed by atoms with Gasteiger partial charge < -0.3 is 5.32 Å². The van der Waals surface area contributed by atoms with E-state index < -0.39 is 0 Å². The van der Waals surface area contributed by atoms with Crippen LogP contribution in [0.1, 0.15) is 46.1 Å². The lowest BCUT2D eigenvalue weighted by atomic mass is 9.86. The Hall–Kier alpha value is -3.01. The van der Waals surface area contributed by atoms with Crippen LogP contribution in [0.25, 0.3) is 22.2 Å². The largest absolute Gasteiger partial charge is 0.312 e. The van der Waals surface area contributed by atoms with Crippen molar-refractivity contribution in [3.05, 3.63) is 80.6 Å². The first-order chi connectivity index (χ1) is 16.1. The molecule has 164 valence electrons. The number of amides is 1. The van der Waals surface area contributed by atoms with Crippen molar-refractivity contribution in [1.82, 2.24) is 4.98 Å². The molecule has 1 atom stereocenters. The maximum atomic E-state index is 13.5. The molecule has 2 aromatic carbocycles. The third kappa shape index (κ3) is 4.19. The van der Waals surface area contributed by atoms with Crippen LogP contribution in [0, 0.1) is 17.2 Å². The molecule has 0 spiro atoms. The SMILES string of the molecule is CC[C@@H]1CCc2c(sc(NC(=O)c3cc(-c4cccc(Br)c4)nc4ccccc34)c2C#N)C1. The average molecular weight is 516 g/mol. The number of para-hydroxylation sites is 1. The van der Waals surface area contributed by atoms with Gasteiger partial charge in [-0.05, 0) is 55.0 Å². The van der Waals surface area contributed by atoms with E-state index >= 15 is 0 Å². The van der Waals surface area contributed by atoms with Gasteiger partial charge in [0, 0.05) is 20.3 Å². The van der Waals surface area contributed by atoms with Gasteiger partial charge in [-0.25, -0.2) is 4.98 Å². The number of nitrogens with zero attached hydrogens (tertiary/aromatic N) is 2. The van der Waals surface area contributed by atoms with Crippen molar-refractivity contribution in [3.63, 3.8) is 0 Å². The molecule has 1 amide bonds. The van der Waals surface area contributed by atoms with Crippen LogP contribution in [0.3, 0.4) is 0 Å². The van der Waals surface area contributed by atoms with Gasteiger partial charge in [0.05, 0.1) is 22.3 Å². The number of hydrogen-bond acceptors (Lipinski definition) is 4. The number of anilines is 1. The number of halogens is 1. The number of aromatic nitrogens is 1. The zero-order valence-electron chi connectivity index (χ0n) is 18.2. The molecule has 0 bridgehead atoms. The molecule has 1 N–H and O–H groups in total. The van der Waals surface area contributed by atoms with Crippen molar-refractivity contribution in [2.45, 2.75) is 32.6 Å². The molecule has 0 saturated carbocycles. The van der Waals surface area contributed by atoms with Gasteiger partial charge in [0.1, 0.15) is 11.1 Å². The predicted molar refractivity (Wildman–Crippen MR) is 138 cm³/mol. The van der Waals surface area contributed by atoms with Crippen molar-refractivity contribution >= 4 is 49.1 Å². The second-order valence-corrected chi connectivity index (χ2v) is 10.4. The molecule has 0 unspecified atom stereocenters. The maximum absolute atomic E-state index is 13.5. The number of benzene rings is 2. The summed E-state index contributed by atoms with van der Waals surface area (Å²) in [5.41, 5.74) is 4.73. The molecular weight excluding hydrogens is 494 g/mol. The molecule has 4 aromatic rings. The van der Waals surface area contributed by atoms with Gasteiger partial charge in [-0.1, -0.05) is 59.6 Å². The topological polar surface area (TPSA) is 65.8 Å². The standard InChI is InChI=1S/C27H22BrN3OS/c1-2-16-10-11-20-22(15-29)27(33-25(20)12-16)31-26(32)21-14-24(17-6-5-7-18(28)13-17)30-23-9-4-3-8-19(21)23/h3-9,13-14,16H,2,10-12H2,1H3,(H,31,32)/t16-/m1/s1. The molecule has 1 aliphatic carbocycles. The smallest absolute Gasteiger partial charge is 0.257 e. The minimum Gasteiger partial charge on any atom is -0.312 e. The first-order valence-corrected chi connectivity index (χ1v) is 12.7.